The van der Waals surface area contributed by atoms with Crippen molar-refractivity contribution >= 4 is 24.2 Å². The number of nitrogens with zero attached hydrogens (tertiary/aromatic N) is 4. The summed E-state index contributed by atoms with van der Waals surface area (Å²) in [6.07, 6.45) is 5.12. The van der Waals surface area contributed by atoms with Crippen LogP contribution in [0.3, 0.4) is 0 Å². The van der Waals surface area contributed by atoms with Crippen LogP contribution in [-0.2, 0) is 29.8 Å². The first-order valence-electron chi connectivity index (χ1n) is 12.7. The van der Waals surface area contributed by atoms with Crippen LogP contribution in [0.4, 0.5) is 9.59 Å². The van der Waals surface area contributed by atoms with Crippen LogP contribution < -0.4 is 21.7 Å². The molecule has 0 radical (unpaired) electrons. The molecule has 0 bridgehead atoms. The summed E-state index contributed by atoms with van der Waals surface area (Å²) in [5, 5.41) is 8.27. The summed E-state index contributed by atoms with van der Waals surface area (Å²) >= 11 is 0. The molecule has 6 rings (SSSR count). The Balaban J connectivity index is 1.30. The lowest BCUT2D eigenvalue weighted by Gasteiger charge is -2.37. The molecule has 1 aromatic heterocycles. The number of aromatic nitrogens is 2. The first-order chi connectivity index (χ1) is 17.6. The largest absolute Gasteiger partial charge is 0.328 e. The number of fused-ring (bicyclic) bond motifs is 4. The molecule has 194 valence electrons. The van der Waals surface area contributed by atoms with Crippen molar-refractivity contribution in [3.63, 3.8) is 0 Å². The quantitative estimate of drug-likeness (QED) is 0.456. The predicted octanol–water partition coefficient (Wildman–Crippen LogP) is 1.35. The molecule has 1 spiro atoms. The van der Waals surface area contributed by atoms with Crippen molar-refractivity contribution < 1.29 is 14.4 Å². The van der Waals surface area contributed by atoms with Gasteiger partial charge in [0.2, 0.25) is 0 Å². The fourth-order valence-electron chi connectivity index (χ4n) is 6.11. The molecule has 1 atom stereocenters. The molecule has 0 unspecified atom stereocenters. The number of aryl methyl sites for hydroxylation is 1. The van der Waals surface area contributed by atoms with Crippen molar-refractivity contribution in [1.29, 1.82) is 0 Å². The van der Waals surface area contributed by atoms with Gasteiger partial charge in [-0.1, -0.05) is 6.07 Å². The van der Waals surface area contributed by atoms with E-state index in [2.05, 4.69) is 38.5 Å². The molecule has 4 aliphatic rings. The van der Waals surface area contributed by atoms with Gasteiger partial charge >= 0.3 is 12.1 Å². The van der Waals surface area contributed by atoms with Gasteiger partial charge in [-0.3, -0.25) is 15.1 Å². The lowest BCUT2D eigenvalue weighted by molar-refractivity contribution is -0.125. The Morgan fingerprint density at radius 2 is 2.00 bits per heavy atom. The van der Waals surface area contributed by atoms with E-state index in [1.807, 2.05) is 26.3 Å². The Hall–Kier alpha value is -3.73. The number of aliphatic imine (C=N–C) groups is 1. The number of urea groups is 2. The second kappa shape index (κ2) is 8.14. The highest BCUT2D eigenvalue weighted by atomic mass is 16.2. The number of carbonyl (C=O) groups is 3. The summed E-state index contributed by atoms with van der Waals surface area (Å²) in [7, 11) is 0. The third-order valence-corrected chi connectivity index (χ3v) is 8.19. The van der Waals surface area contributed by atoms with Gasteiger partial charge in [0.25, 0.3) is 5.91 Å². The van der Waals surface area contributed by atoms with Crippen LogP contribution >= 0.6 is 0 Å². The zero-order valence-electron chi connectivity index (χ0n) is 21.4. The van der Waals surface area contributed by atoms with Gasteiger partial charge < -0.3 is 25.8 Å². The molecule has 5 heterocycles. The van der Waals surface area contributed by atoms with E-state index in [9.17, 15) is 14.4 Å². The number of rotatable bonds is 2. The molecular weight excluding hydrogens is 472 g/mol. The van der Waals surface area contributed by atoms with E-state index in [0.29, 0.717) is 45.4 Å². The number of imidazole rings is 1. The van der Waals surface area contributed by atoms with Crippen LogP contribution in [0.15, 0.2) is 17.3 Å². The summed E-state index contributed by atoms with van der Waals surface area (Å²) in [6.45, 7) is 8.06. The fraction of sp³-hybridized carbons (Fsp3) is 0.500. The number of hydrogen-bond acceptors (Lipinski definition) is 6. The molecule has 2 saturated heterocycles. The number of likely N-dealkylation sites (tertiary alicyclic amines) is 1. The van der Waals surface area contributed by atoms with Crippen LogP contribution in [0, 0.1) is 6.92 Å². The Kier molecular flexibility index (Phi) is 5.20. The first kappa shape index (κ1) is 23.7. The summed E-state index contributed by atoms with van der Waals surface area (Å²) in [6, 6.07) is 1.17. The van der Waals surface area contributed by atoms with Crippen LogP contribution in [0.25, 0.3) is 0 Å². The normalized spacial score (nSPS) is 21.7. The lowest BCUT2D eigenvalue weighted by atomic mass is 9.88. The van der Waals surface area contributed by atoms with Gasteiger partial charge in [0.1, 0.15) is 11.4 Å². The van der Waals surface area contributed by atoms with Gasteiger partial charge in [-0.25, -0.2) is 14.6 Å². The maximum Gasteiger partial charge on any atom is 0.322 e. The summed E-state index contributed by atoms with van der Waals surface area (Å²) in [5.74, 6) is 0.457. The van der Waals surface area contributed by atoms with Crippen molar-refractivity contribution in [2.75, 3.05) is 13.1 Å². The third-order valence-electron chi connectivity index (χ3n) is 8.19. The number of carbonyl (C=O) groups excluding carboxylic acids is 3. The molecule has 5 amide bonds. The summed E-state index contributed by atoms with van der Waals surface area (Å²) in [4.78, 5) is 48.4. The van der Waals surface area contributed by atoms with Gasteiger partial charge in [-0.15, -0.1) is 0 Å². The summed E-state index contributed by atoms with van der Waals surface area (Å²) < 4.78 is 2.14. The van der Waals surface area contributed by atoms with Gasteiger partial charge in [0, 0.05) is 31.3 Å². The van der Waals surface area contributed by atoms with Gasteiger partial charge in [-0.2, -0.15) is 0 Å². The Morgan fingerprint density at radius 1 is 1.24 bits per heavy atom. The standard InChI is InChI=1S/C26H32N8O3/c1-14-8-15-9-19(30-24(37)33-6-4-26(5-7-33)22(35)31-23(36)32-26)21-29-12-20(25(2,3)27)34(21)13-18(15)17-11-28-10-16(14)17/h8,11-12,19H,4-7,9-10,13,27H2,1-3H3,(H,30,37)(H2,31,32,35,36)/t19-/m1/s1. The van der Waals surface area contributed by atoms with Crippen LogP contribution in [0.2, 0.25) is 0 Å². The minimum absolute atomic E-state index is 0.212. The molecule has 1 aromatic carbocycles. The Morgan fingerprint density at radius 3 is 2.68 bits per heavy atom. The van der Waals surface area contributed by atoms with E-state index >= 15 is 0 Å². The van der Waals surface area contributed by atoms with Crippen molar-refractivity contribution in [2.45, 2.75) is 70.2 Å². The van der Waals surface area contributed by atoms with Crippen LogP contribution in [0.5, 0.6) is 0 Å². The maximum absolute atomic E-state index is 13.5. The zero-order valence-corrected chi connectivity index (χ0v) is 21.4. The number of nitrogens with two attached hydrogens (primary N) is 1. The minimum atomic E-state index is -0.924. The molecular formula is C26H32N8O3. The van der Waals surface area contributed by atoms with E-state index in [1.165, 1.54) is 27.8 Å². The second-order valence-corrected chi connectivity index (χ2v) is 11.2. The van der Waals surface area contributed by atoms with Gasteiger partial charge in [0.15, 0.2) is 0 Å². The molecule has 11 heteroatoms. The molecule has 2 fully saturated rings. The highest BCUT2D eigenvalue weighted by Gasteiger charge is 2.48. The second-order valence-electron chi connectivity index (χ2n) is 11.2. The topological polar surface area (TPSA) is 147 Å². The number of hydrogen-bond donors (Lipinski definition) is 4. The van der Waals surface area contributed by atoms with Crippen molar-refractivity contribution in [3.8, 4) is 0 Å². The number of nitrogens with one attached hydrogen (secondary N) is 3. The monoisotopic (exact) mass is 504 g/mol. The third kappa shape index (κ3) is 3.79. The van der Waals surface area contributed by atoms with E-state index in [4.69, 9.17) is 10.7 Å². The van der Waals surface area contributed by atoms with Crippen molar-refractivity contribution in [2.24, 2.45) is 10.7 Å². The summed E-state index contributed by atoms with van der Waals surface area (Å²) in [5.41, 5.74) is 11.9. The first-order valence-corrected chi connectivity index (χ1v) is 12.7. The Bertz CT molecular complexity index is 1360. The van der Waals surface area contributed by atoms with E-state index in [1.54, 1.807) is 4.90 Å². The number of piperidine rings is 1. The van der Waals surface area contributed by atoms with Gasteiger partial charge in [-0.05, 0) is 55.9 Å². The van der Waals surface area contributed by atoms with Crippen LogP contribution in [0.1, 0.15) is 72.1 Å². The van der Waals surface area contributed by atoms with Gasteiger partial charge in [0.05, 0.1) is 36.6 Å². The molecule has 5 N–H and O–H groups in total. The molecule has 4 aliphatic heterocycles. The molecule has 11 nitrogen and oxygen atoms in total. The zero-order chi connectivity index (χ0) is 26.1. The van der Waals surface area contributed by atoms with Crippen molar-refractivity contribution in [3.05, 3.63) is 51.6 Å². The number of amides is 5. The fourth-order valence-corrected chi connectivity index (χ4v) is 6.11. The highest BCUT2D eigenvalue weighted by molar-refractivity contribution is 6.07. The average Bonchev–Trinajstić information content (AvgIpc) is 3.52. The van der Waals surface area contributed by atoms with Crippen LogP contribution in [-0.4, -0.2) is 57.3 Å². The lowest BCUT2D eigenvalue weighted by Crippen LogP contribution is -2.57. The maximum atomic E-state index is 13.5. The Labute approximate surface area is 214 Å². The number of benzene rings is 1. The van der Waals surface area contributed by atoms with E-state index in [0.717, 1.165) is 11.5 Å². The highest BCUT2D eigenvalue weighted by Crippen LogP contribution is 2.35. The molecule has 0 aliphatic carbocycles. The number of imide groups is 1. The SMILES string of the molecule is Cc1cc2c(c3c1CN=C3)Cn1c(C(C)(C)N)cnc1[C@H](NC(=O)N1CCC3(CC1)NC(=O)NC3=O)C2. The average molecular weight is 505 g/mol. The molecule has 37 heavy (non-hydrogen) atoms. The van der Waals surface area contributed by atoms with Crippen molar-refractivity contribution in [1.82, 2.24) is 30.4 Å². The van der Waals surface area contributed by atoms with E-state index < -0.39 is 17.1 Å². The molecule has 0 saturated carbocycles. The predicted molar refractivity (Wildman–Crippen MR) is 136 cm³/mol. The van der Waals surface area contributed by atoms with E-state index in [-0.39, 0.29) is 18.0 Å². The smallest absolute Gasteiger partial charge is 0.322 e. The minimum Gasteiger partial charge on any atom is -0.328 e. The molecule has 2 aromatic rings.